The number of aryl methyl sites for hydroxylation is 1. The van der Waals surface area contributed by atoms with Crippen molar-refractivity contribution in [3.63, 3.8) is 0 Å². The second-order valence-corrected chi connectivity index (χ2v) is 10.3. The molecule has 7 nitrogen and oxygen atoms in total. The molecule has 0 aliphatic carbocycles. The molecule has 0 bridgehead atoms. The van der Waals surface area contributed by atoms with Crippen LogP contribution in [0.4, 0.5) is 4.39 Å². The van der Waals surface area contributed by atoms with Gasteiger partial charge in [0.1, 0.15) is 11.9 Å². The van der Waals surface area contributed by atoms with E-state index in [4.69, 9.17) is 0 Å². The van der Waals surface area contributed by atoms with Gasteiger partial charge in [-0.3, -0.25) is 24.6 Å². The Balaban J connectivity index is 1.15. The SMILES string of the molecule is Cc1cccc2[nH]cc(CN3CCC(c4cc5c(cc4F)C(=O)N(C4CCC(=O)NC4=O)C5)CC3)c12. The molecule has 2 fully saturated rings. The maximum Gasteiger partial charge on any atom is 0.255 e. The number of nitrogens with one attached hydrogen (secondary N) is 2. The molecule has 4 heterocycles. The third-order valence-electron chi connectivity index (χ3n) is 8.06. The third kappa shape index (κ3) is 3.89. The van der Waals surface area contributed by atoms with Gasteiger partial charge in [0.15, 0.2) is 0 Å². The van der Waals surface area contributed by atoms with Crippen LogP contribution in [0, 0.1) is 12.7 Å². The minimum Gasteiger partial charge on any atom is -0.361 e. The Morgan fingerprint density at radius 2 is 1.89 bits per heavy atom. The van der Waals surface area contributed by atoms with Gasteiger partial charge in [0.05, 0.1) is 0 Å². The number of carbonyl (C=O) groups is 3. The fourth-order valence-electron chi connectivity index (χ4n) is 6.14. The molecular formula is C28H29FN4O3. The minimum atomic E-state index is -0.689. The molecular weight excluding hydrogens is 459 g/mol. The van der Waals surface area contributed by atoms with E-state index in [2.05, 4.69) is 46.5 Å². The summed E-state index contributed by atoms with van der Waals surface area (Å²) in [7, 11) is 0. The van der Waals surface area contributed by atoms with E-state index in [0.717, 1.165) is 43.6 Å². The largest absolute Gasteiger partial charge is 0.361 e. The van der Waals surface area contributed by atoms with Crippen LogP contribution in [0.3, 0.4) is 0 Å². The molecule has 1 aromatic heterocycles. The highest BCUT2D eigenvalue weighted by Crippen LogP contribution is 2.36. The first kappa shape index (κ1) is 22.9. The second-order valence-electron chi connectivity index (χ2n) is 10.3. The van der Waals surface area contributed by atoms with E-state index in [1.807, 2.05) is 6.07 Å². The predicted octanol–water partition coefficient (Wildman–Crippen LogP) is 3.76. The Bertz CT molecular complexity index is 1390. The van der Waals surface area contributed by atoms with Gasteiger partial charge in [-0.1, -0.05) is 18.2 Å². The molecule has 3 amide bonds. The number of nitrogens with zero attached hydrogens (tertiary/aromatic N) is 2. The normalized spacial score (nSPS) is 21.3. The van der Waals surface area contributed by atoms with Gasteiger partial charge in [0.25, 0.3) is 5.91 Å². The van der Waals surface area contributed by atoms with E-state index in [1.165, 1.54) is 27.5 Å². The van der Waals surface area contributed by atoms with E-state index in [9.17, 15) is 14.4 Å². The lowest BCUT2D eigenvalue weighted by Gasteiger charge is -2.32. The molecule has 0 spiro atoms. The second kappa shape index (κ2) is 8.85. The van der Waals surface area contributed by atoms with E-state index < -0.39 is 11.9 Å². The molecule has 36 heavy (non-hydrogen) atoms. The number of benzene rings is 2. The average Bonchev–Trinajstić information content (AvgIpc) is 3.41. The zero-order valence-electron chi connectivity index (χ0n) is 20.3. The first-order valence-electron chi connectivity index (χ1n) is 12.6. The highest BCUT2D eigenvalue weighted by atomic mass is 19.1. The van der Waals surface area contributed by atoms with Crippen LogP contribution in [-0.4, -0.2) is 51.6 Å². The van der Waals surface area contributed by atoms with Crippen LogP contribution < -0.4 is 5.32 Å². The Morgan fingerprint density at radius 1 is 1.08 bits per heavy atom. The Kier molecular flexibility index (Phi) is 5.63. The van der Waals surface area contributed by atoms with Crippen molar-refractivity contribution < 1.29 is 18.8 Å². The first-order valence-corrected chi connectivity index (χ1v) is 12.6. The lowest BCUT2D eigenvalue weighted by atomic mass is 9.87. The molecule has 3 aromatic rings. The number of imide groups is 1. The zero-order chi connectivity index (χ0) is 25.0. The van der Waals surface area contributed by atoms with Gasteiger partial charge < -0.3 is 9.88 Å². The number of halogens is 1. The van der Waals surface area contributed by atoms with Crippen molar-refractivity contribution in [1.29, 1.82) is 0 Å². The first-order chi connectivity index (χ1) is 17.4. The van der Waals surface area contributed by atoms with E-state index in [1.54, 1.807) is 0 Å². The maximum atomic E-state index is 15.2. The molecule has 3 aliphatic heterocycles. The minimum absolute atomic E-state index is 0.0935. The molecule has 2 aromatic carbocycles. The smallest absolute Gasteiger partial charge is 0.255 e. The third-order valence-corrected chi connectivity index (χ3v) is 8.06. The maximum absolute atomic E-state index is 15.2. The summed E-state index contributed by atoms with van der Waals surface area (Å²) in [5.74, 6) is -1.37. The number of aromatic nitrogens is 1. The summed E-state index contributed by atoms with van der Waals surface area (Å²) in [4.78, 5) is 44.0. The monoisotopic (exact) mass is 488 g/mol. The van der Waals surface area contributed by atoms with Crippen LogP contribution in [-0.2, 0) is 22.7 Å². The number of fused-ring (bicyclic) bond motifs is 2. The molecule has 3 aliphatic rings. The fourth-order valence-corrected chi connectivity index (χ4v) is 6.14. The lowest BCUT2D eigenvalue weighted by molar-refractivity contribution is -0.136. The summed E-state index contributed by atoms with van der Waals surface area (Å²) in [6.07, 6.45) is 4.29. The zero-order valence-corrected chi connectivity index (χ0v) is 20.3. The standard InChI is InChI=1S/C28H29FN4O3/c1-16-3-2-4-23-26(16)19(13-30-23)14-32-9-7-17(8-10-32)20-11-18-15-33(28(36)21(18)12-22(20)29)24-5-6-25(34)31-27(24)35/h2-4,11-13,17,24,30H,5-10,14-15H2,1H3,(H,31,34,35). The predicted molar refractivity (Wildman–Crippen MR) is 133 cm³/mol. The van der Waals surface area contributed by atoms with Crippen LogP contribution in [0.25, 0.3) is 10.9 Å². The quantitative estimate of drug-likeness (QED) is 0.548. The molecule has 2 N–H and O–H groups in total. The number of rotatable bonds is 4. The van der Waals surface area contributed by atoms with Gasteiger partial charge in [0.2, 0.25) is 11.8 Å². The van der Waals surface area contributed by atoms with E-state index in [-0.39, 0.29) is 36.5 Å². The highest BCUT2D eigenvalue weighted by Gasteiger charge is 2.40. The number of hydrogen-bond acceptors (Lipinski definition) is 4. The average molecular weight is 489 g/mol. The van der Waals surface area contributed by atoms with Gasteiger partial charge in [-0.15, -0.1) is 0 Å². The number of amides is 3. The van der Waals surface area contributed by atoms with Crippen molar-refractivity contribution >= 4 is 28.6 Å². The topological polar surface area (TPSA) is 85.5 Å². The fraction of sp³-hybridized carbons (Fsp3) is 0.393. The van der Waals surface area contributed by atoms with Crippen molar-refractivity contribution in [2.24, 2.45) is 0 Å². The summed E-state index contributed by atoms with van der Waals surface area (Å²) >= 11 is 0. The Hall–Kier alpha value is -3.52. The molecule has 1 atom stereocenters. The number of likely N-dealkylation sites (tertiary alicyclic amines) is 1. The van der Waals surface area contributed by atoms with Gasteiger partial charge in [-0.2, -0.15) is 0 Å². The summed E-state index contributed by atoms with van der Waals surface area (Å²) in [5, 5.41) is 3.59. The van der Waals surface area contributed by atoms with Crippen molar-refractivity contribution in [1.82, 2.24) is 20.1 Å². The Morgan fingerprint density at radius 3 is 2.67 bits per heavy atom. The number of piperidine rings is 2. The molecule has 1 unspecified atom stereocenters. The van der Waals surface area contributed by atoms with Crippen LogP contribution in [0.15, 0.2) is 36.5 Å². The number of aromatic amines is 1. The van der Waals surface area contributed by atoms with Gasteiger partial charge in [-0.05, 0) is 79.6 Å². The number of H-pyrrole nitrogens is 1. The highest BCUT2D eigenvalue weighted by molar-refractivity contribution is 6.05. The molecule has 8 heteroatoms. The van der Waals surface area contributed by atoms with Gasteiger partial charge >= 0.3 is 0 Å². The summed E-state index contributed by atoms with van der Waals surface area (Å²) in [5.41, 5.74) is 5.46. The van der Waals surface area contributed by atoms with Crippen molar-refractivity contribution in [2.75, 3.05) is 13.1 Å². The van der Waals surface area contributed by atoms with Gasteiger partial charge in [-0.25, -0.2) is 4.39 Å². The van der Waals surface area contributed by atoms with E-state index in [0.29, 0.717) is 17.5 Å². The molecule has 0 radical (unpaired) electrons. The van der Waals surface area contributed by atoms with Crippen molar-refractivity contribution in [2.45, 2.75) is 57.7 Å². The van der Waals surface area contributed by atoms with Crippen molar-refractivity contribution in [3.8, 4) is 0 Å². The molecule has 2 saturated heterocycles. The van der Waals surface area contributed by atoms with E-state index >= 15 is 4.39 Å². The van der Waals surface area contributed by atoms with Crippen LogP contribution in [0.1, 0.15) is 64.2 Å². The van der Waals surface area contributed by atoms with Crippen molar-refractivity contribution in [3.05, 3.63) is 70.2 Å². The number of hydrogen-bond donors (Lipinski definition) is 2. The summed E-state index contributed by atoms with van der Waals surface area (Å²) < 4.78 is 15.2. The van der Waals surface area contributed by atoms with Gasteiger partial charge in [0, 0.05) is 42.2 Å². The number of carbonyl (C=O) groups excluding carboxylic acids is 3. The molecule has 0 saturated carbocycles. The molecule has 6 rings (SSSR count). The van der Waals surface area contributed by atoms with Crippen LogP contribution >= 0.6 is 0 Å². The Labute approximate surface area is 208 Å². The summed E-state index contributed by atoms with van der Waals surface area (Å²) in [6.45, 7) is 5.02. The van der Waals surface area contributed by atoms with Crippen LogP contribution in [0.5, 0.6) is 0 Å². The lowest BCUT2D eigenvalue weighted by Crippen LogP contribution is -2.52. The summed E-state index contributed by atoms with van der Waals surface area (Å²) in [6, 6.07) is 8.78. The van der Waals surface area contributed by atoms with Crippen LogP contribution in [0.2, 0.25) is 0 Å². The molecule has 186 valence electrons.